The third kappa shape index (κ3) is 70.9. The number of aliphatic hydroxyl groups excluding tert-OH is 1. The van der Waals surface area contributed by atoms with E-state index in [0.717, 1.165) is 108 Å². The number of hydrogen-bond acceptors (Lipinski definition) is 15. The van der Waals surface area contributed by atoms with E-state index in [1.165, 1.54) is 193 Å². The predicted molar refractivity (Wildman–Crippen MR) is 395 cm³/mol. The molecule has 3 unspecified atom stereocenters. The monoisotopic (exact) mass is 1420 g/mol. The first-order valence-corrected chi connectivity index (χ1v) is 43.2. The Morgan fingerprint density at radius 3 is 0.732 bits per heavy atom. The van der Waals surface area contributed by atoms with Crippen molar-refractivity contribution in [1.82, 2.24) is 0 Å². The molecule has 0 heterocycles. The fraction of sp³-hybridized carbons (Fsp3) is 0.949. The highest BCUT2D eigenvalue weighted by Gasteiger charge is 2.30. The summed E-state index contributed by atoms with van der Waals surface area (Å²) in [6, 6.07) is 0. The van der Waals surface area contributed by atoms with Crippen LogP contribution in [0.1, 0.15) is 396 Å². The minimum Gasteiger partial charge on any atom is -0.462 e. The summed E-state index contributed by atoms with van der Waals surface area (Å²) < 4.78 is 68.5. The first kappa shape index (κ1) is 95.1. The molecule has 6 atom stereocenters. The minimum absolute atomic E-state index is 0.103. The van der Waals surface area contributed by atoms with Gasteiger partial charge in [0.15, 0.2) is 12.2 Å². The highest BCUT2D eigenvalue weighted by Crippen LogP contribution is 2.45. The fourth-order valence-corrected chi connectivity index (χ4v) is 13.5. The number of esters is 4. The van der Waals surface area contributed by atoms with Crippen LogP contribution < -0.4 is 0 Å². The van der Waals surface area contributed by atoms with E-state index in [-0.39, 0.29) is 25.7 Å². The van der Waals surface area contributed by atoms with Gasteiger partial charge < -0.3 is 33.8 Å². The van der Waals surface area contributed by atoms with Crippen molar-refractivity contribution in [2.75, 3.05) is 39.6 Å². The highest BCUT2D eigenvalue weighted by atomic mass is 31.2. The molecule has 0 spiro atoms. The highest BCUT2D eigenvalue weighted by molar-refractivity contribution is 7.47. The van der Waals surface area contributed by atoms with Crippen LogP contribution in [0.3, 0.4) is 0 Å². The average molecular weight is 1420 g/mol. The summed E-state index contributed by atoms with van der Waals surface area (Å²) in [7, 11) is -9.91. The van der Waals surface area contributed by atoms with Gasteiger partial charge >= 0.3 is 39.5 Å². The lowest BCUT2D eigenvalue weighted by Crippen LogP contribution is -2.30. The van der Waals surface area contributed by atoms with Crippen LogP contribution in [0, 0.1) is 23.7 Å². The van der Waals surface area contributed by atoms with E-state index in [0.29, 0.717) is 37.5 Å². The van der Waals surface area contributed by atoms with Crippen LogP contribution in [-0.4, -0.2) is 96.7 Å². The summed E-state index contributed by atoms with van der Waals surface area (Å²) in [6.07, 6.45) is 53.1. The van der Waals surface area contributed by atoms with Gasteiger partial charge in [0.2, 0.25) is 0 Å². The molecule has 576 valence electrons. The molecule has 0 aromatic carbocycles. The van der Waals surface area contributed by atoms with Crippen molar-refractivity contribution in [1.29, 1.82) is 0 Å². The summed E-state index contributed by atoms with van der Waals surface area (Å²) in [6.45, 7) is 14.2. The number of rotatable bonds is 75. The van der Waals surface area contributed by atoms with Gasteiger partial charge in [-0.05, 0) is 49.4 Å². The van der Waals surface area contributed by atoms with Gasteiger partial charge in [-0.2, -0.15) is 0 Å². The normalized spacial score (nSPS) is 14.4. The number of carbonyl (C=O) groups excluding carboxylic acids is 4. The molecule has 0 aromatic heterocycles. The maximum Gasteiger partial charge on any atom is 0.472 e. The zero-order chi connectivity index (χ0) is 71.7. The summed E-state index contributed by atoms with van der Waals surface area (Å²) in [5.41, 5.74) is 0. The quantitative estimate of drug-likeness (QED) is 0.0222. The van der Waals surface area contributed by atoms with E-state index in [4.69, 9.17) is 37.0 Å². The predicted octanol–water partition coefficient (Wildman–Crippen LogP) is 22.8. The van der Waals surface area contributed by atoms with Gasteiger partial charge in [-0.25, -0.2) is 9.13 Å². The van der Waals surface area contributed by atoms with E-state index in [1.54, 1.807) is 0 Å². The van der Waals surface area contributed by atoms with E-state index in [2.05, 4.69) is 55.4 Å². The van der Waals surface area contributed by atoms with Crippen molar-refractivity contribution in [3.63, 3.8) is 0 Å². The van der Waals surface area contributed by atoms with Gasteiger partial charge in [0.25, 0.3) is 0 Å². The second-order valence-corrected chi connectivity index (χ2v) is 32.7. The zero-order valence-corrected chi connectivity index (χ0v) is 65.5. The smallest absolute Gasteiger partial charge is 0.462 e. The number of unbranched alkanes of at least 4 members (excludes halogenated alkanes) is 40. The second kappa shape index (κ2) is 67.2. The number of phosphoric acid groups is 2. The lowest BCUT2D eigenvalue weighted by Gasteiger charge is -2.21. The largest absolute Gasteiger partial charge is 0.472 e. The fourth-order valence-electron chi connectivity index (χ4n) is 11.9. The van der Waals surface area contributed by atoms with Gasteiger partial charge in [0, 0.05) is 25.7 Å². The topological polar surface area (TPSA) is 237 Å². The maximum absolute atomic E-state index is 13.1. The van der Waals surface area contributed by atoms with Crippen molar-refractivity contribution >= 4 is 39.5 Å². The number of aliphatic hydroxyl groups is 1. The molecule has 17 nitrogen and oxygen atoms in total. The Balaban J connectivity index is 5.13. The summed E-state index contributed by atoms with van der Waals surface area (Å²) in [4.78, 5) is 72.8. The number of ether oxygens (including phenoxy) is 4. The van der Waals surface area contributed by atoms with Crippen LogP contribution in [0.2, 0.25) is 0 Å². The first-order chi connectivity index (χ1) is 46.6. The number of carbonyl (C=O) groups is 4. The molecule has 0 fully saturated rings. The van der Waals surface area contributed by atoms with Gasteiger partial charge in [0.1, 0.15) is 19.3 Å². The van der Waals surface area contributed by atoms with Crippen LogP contribution in [0.4, 0.5) is 0 Å². The van der Waals surface area contributed by atoms with Crippen molar-refractivity contribution < 1.29 is 80.2 Å². The number of hydrogen-bond donors (Lipinski definition) is 3. The Bertz CT molecular complexity index is 1900. The summed E-state index contributed by atoms with van der Waals surface area (Å²) in [5.74, 6) is 0.913. The van der Waals surface area contributed by atoms with Crippen LogP contribution in [0.15, 0.2) is 0 Å². The Labute approximate surface area is 594 Å². The van der Waals surface area contributed by atoms with Crippen molar-refractivity contribution in [3.8, 4) is 0 Å². The molecule has 0 bridgehead atoms. The Kier molecular flexibility index (Phi) is 65.9. The molecule has 0 aliphatic carbocycles. The minimum atomic E-state index is -4.96. The molecule has 0 saturated heterocycles. The molecule has 97 heavy (non-hydrogen) atoms. The van der Waals surface area contributed by atoms with Gasteiger partial charge in [-0.1, -0.05) is 344 Å². The van der Waals surface area contributed by atoms with E-state index >= 15 is 0 Å². The van der Waals surface area contributed by atoms with Crippen LogP contribution in [0.5, 0.6) is 0 Å². The molecule has 0 saturated carbocycles. The van der Waals surface area contributed by atoms with Gasteiger partial charge in [-0.15, -0.1) is 0 Å². The van der Waals surface area contributed by atoms with Crippen molar-refractivity contribution in [2.45, 2.75) is 414 Å². The van der Waals surface area contributed by atoms with E-state index < -0.39 is 97.5 Å². The average Bonchev–Trinajstić information content (AvgIpc) is 1.36. The molecule has 0 aromatic rings. The standard InChI is InChI=1S/C78H152O17P2/c1-9-71(8)57-49-41-32-26-22-18-14-12-10-11-13-15-19-24-28-34-44-52-60-77(82)94-74(65-89-76(81)59-51-43-37-36-40-48-56-70(6)7)67-93-97(86,87)91-63-72(79)62-90-96(84,85)92-66-73(95-78(83)61-53-45-35-29-31-39-47-55-69(4)5)64-88-75(80)58-50-42-33-27-23-20-16-17-21-25-30-38-46-54-68(2)3/h68-74,79H,9-67H2,1-8H3,(H,84,85)(H,86,87)/t71?,72-,73-,74-/m1/s1. The van der Waals surface area contributed by atoms with Crippen LogP contribution in [-0.2, 0) is 65.4 Å². The summed E-state index contributed by atoms with van der Waals surface area (Å²) >= 11 is 0. The second-order valence-electron chi connectivity index (χ2n) is 29.8. The SMILES string of the molecule is CCC(C)CCCCCCCCCCCCCCCCCCCCC(=O)O[C@H](COC(=O)CCCCCCCCC(C)C)COP(=O)(O)OC[C@H](O)COP(=O)(O)OC[C@@H](COC(=O)CCCCCCCCCCCCCCCC(C)C)OC(=O)CCCCCCCCCC(C)C. The molecule has 0 radical (unpaired) electrons. The van der Waals surface area contributed by atoms with Crippen LogP contribution >= 0.6 is 15.6 Å². The van der Waals surface area contributed by atoms with Crippen LogP contribution in [0.25, 0.3) is 0 Å². The molecule has 0 aliphatic heterocycles. The van der Waals surface area contributed by atoms with Gasteiger partial charge in [0.05, 0.1) is 26.4 Å². The molecule has 0 rings (SSSR count). The molecule has 0 amide bonds. The number of phosphoric ester groups is 2. The zero-order valence-electron chi connectivity index (χ0n) is 63.7. The molecule has 19 heteroatoms. The van der Waals surface area contributed by atoms with Gasteiger partial charge in [-0.3, -0.25) is 37.3 Å². The van der Waals surface area contributed by atoms with Crippen molar-refractivity contribution in [3.05, 3.63) is 0 Å². The van der Waals surface area contributed by atoms with E-state index in [9.17, 15) is 43.2 Å². The molecule has 0 aliphatic rings. The molecular formula is C78H152O17P2. The maximum atomic E-state index is 13.1. The Hall–Kier alpha value is -1.94. The Morgan fingerprint density at radius 1 is 0.289 bits per heavy atom. The molecular weight excluding hydrogens is 1270 g/mol. The lowest BCUT2D eigenvalue weighted by molar-refractivity contribution is -0.161. The first-order valence-electron chi connectivity index (χ1n) is 40.2. The Morgan fingerprint density at radius 2 is 0.495 bits per heavy atom. The third-order valence-electron chi connectivity index (χ3n) is 18.4. The third-order valence-corrected chi connectivity index (χ3v) is 20.3. The molecule has 3 N–H and O–H groups in total. The summed E-state index contributed by atoms with van der Waals surface area (Å²) in [5, 5.41) is 10.6. The lowest BCUT2D eigenvalue weighted by atomic mass is 9.99. The van der Waals surface area contributed by atoms with E-state index in [1.807, 2.05) is 0 Å². The van der Waals surface area contributed by atoms with Crippen molar-refractivity contribution in [2.24, 2.45) is 23.7 Å².